The molecule has 30 heavy (non-hydrogen) atoms. The first-order valence-electron chi connectivity index (χ1n) is 10.6. The van der Waals surface area contributed by atoms with Gasteiger partial charge in [-0.25, -0.2) is 4.98 Å². The first-order valence-corrected chi connectivity index (χ1v) is 11.5. The van der Waals surface area contributed by atoms with Crippen LogP contribution in [0.3, 0.4) is 0 Å². The van der Waals surface area contributed by atoms with E-state index in [1.807, 2.05) is 30.5 Å². The average molecular weight is 428 g/mol. The third-order valence-electron chi connectivity index (χ3n) is 4.87. The molecule has 3 aromatic heterocycles. The molecule has 3 aromatic rings. The lowest BCUT2D eigenvalue weighted by Gasteiger charge is -2.15. The molecule has 0 aromatic carbocycles. The predicted molar refractivity (Wildman–Crippen MR) is 121 cm³/mol. The van der Waals surface area contributed by atoms with Crippen LogP contribution in [0.5, 0.6) is 0 Å². The van der Waals surface area contributed by atoms with Crippen LogP contribution in [0.2, 0.25) is 0 Å². The Balaban J connectivity index is 2.02. The van der Waals surface area contributed by atoms with Gasteiger partial charge in [0.15, 0.2) is 0 Å². The Labute approximate surface area is 180 Å². The van der Waals surface area contributed by atoms with Crippen LogP contribution in [0.4, 0.5) is 5.82 Å². The molecule has 0 unspecified atom stereocenters. The summed E-state index contributed by atoms with van der Waals surface area (Å²) in [6, 6.07) is 7.28. The van der Waals surface area contributed by atoms with E-state index in [9.17, 15) is 9.59 Å². The standard InChI is InChI=1S/C22H29N5O2S/c1-4-8-15(9-5-2)21(29)24-19-14-17(18-11-7-12-30-18)26-27(19)22-23-16(10-6-3)13-20(28)25-22/h7,11-15H,4-6,8-10H2,1-3H3,(H,24,29)(H,23,25,28). The molecule has 160 valence electrons. The number of thiophene rings is 1. The molecule has 0 aliphatic carbocycles. The Morgan fingerprint density at radius 1 is 1.20 bits per heavy atom. The van der Waals surface area contributed by atoms with E-state index in [2.05, 4.69) is 34.2 Å². The van der Waals surface area contributed by atoms with Gasteiger partial charge in [0, 0.05) is 23.7 Å². The van der Waals surface area contributed by atoms with Crippen molar-refractivity contribution in [3.8, 4) is 16.5 Å². The number of hydrogen-bond acceptors (Lipinski definition) is 5. The van der Waals surface area contributed by atoms with Crippen molar-refractivity contribution in [1.82, 2.24) is 19.7 Å². The summed E-state index contributed by atoms with van der Waals surface area (Å²) < 4.78 is 1.53. The summed E-state index contributed by atoms with van der Waals surface area (Å²) >= 11 is 1.57. The molecule has 0 radical (unpaired) electrons. The van der Waals surface area contributed by atoms with Gasteiger partial charge in [-0.2, -0.15) is 9.78 Å². The lowest BCUT2D eigenvalue weighted by atomic mass is 9.97. The quantitative estimate of drug-likeness (QED) is 0.486. The maximum atomic E-state index is 13.0. The summed E-state index contributed by atoms with van der Waals surface area (Å²) in [7, 11) is 0. The number of rotatable bonds is 10. The summed E-state index contributed by atoms with van der Waals surface area (Å²) in [5.74, 6) is 0.751. The number of nitrogens with one attached hydrogen (secondary N) is 2. The third kappa shape index (κ3) is 5.24. The molecule has 0 aliphatic rings. The molecule has 0 aliphatic heterocycles. The Kier molecular flexibility index (Phi) is 7.57. The number of amides is 1. The molecule has 1 amide bonds. The van der Waals surface area contributed by atoms with Crippen LogP contribution in [-0.2, 0) is 11.2 Å². The lowest BCUT2D eigenvalue weighted by molar-refractivity contribution is -0.120. The topological polar surface area (TPSA) is 92.7 Å². The van der Waals surface area contributed by atoms with Crippen molar-refractivity contribution >= 4 is 23.1 Å². The van der Waals surface area contributed by atoms with Crippen LogP contribution in [0.15, 0.2) is 34.4 Å². The fourth-order valence-electron chi connectivity index (χ4n) is 3.49. The van der Waals surface area contributed by atoms with E-state index >= 15 is 0 Å². The minimum atomic E-state index is -0.233. The minimum Gasteiger partial charge on any atom is -0.310 e. The number of H-pyrrole nitrogens is 1. The van der Waals surface area contributed by atoms with Gasteiger partial charge in [-0.3, -0.25) is 14.6 Å². The highest BCUT2D eigenvalue weighted by Gasteiger charge is 2.21. The van der Waals surface area contributed by atoms with E-state index in [0.29, 0.717) is 23.9 Å². The lowest BCUT2D eigenvalue weighted by Crippen LogP contribution is -2.25. The zero-order valence-electron chi connectivity index (χ0n) is 17.8. The number of aromatic nitrogens is 4. The van der Waals surface area contributed by atoms with Crippen LogP contribution in [0.1, 0.15) is 58.6 Å². The van der Waals surface area contributed by atoms with Gasteiger partial charge in [0.1, 0.15) is 11.5 Å². The van der Waals surface area contributed by atoms with Gasteiger partial charge in [-0.05, 0) is 30.7 Å². The first kappa shape index (κ1) is 22.0. The van der Waals surface area contributed by atoms with Crippen LogP contribution >= 0.6 is 11.3 Å². The van der Waals surface area contributed by atoms with E-state index in [-0.39, 0.29) is 17.4 Å². The molecule has 0 saturated carbocycles. The van der Waals surface area contributed by atoms with Crippen molar-refractivity contribution in [3.05, 3.63) is 45.7 Å². The van der Waals surface area contributed by atoms with Gasteiger partial charge in [-0.15, -0.1) is 11.3 Å². The number of aryl methyl sites for hydroxylation is 1. The zero-order chi connectivity index (χ0) is 21.5. The minimum absolute atomic E-state index is 0.0235. The van der Waals surface area contributed by atoms with Gasteiger partial charge < -0.3 is 5.32 Å². The molecule has 0 saturated heterocycles. The van der Waals surface area contributed by atoms with Gasteiger partial charge in [0.2, 0.25) is 11.9 Å². The molecule has 2 N–H and O–H groups in total. The molecular weight excluding hydrogens is 398 g/mol. The van der Waals surface area contributed by atoms with Gasteiger partial charge >= 0.3 is 0 Å². The first-order chi connectivity index (χ1) is 14.5. The molecule has 0 fully saturated rings. The Hall–Kier alpha value is -2.74. The number of hydrogen-bond donors (Lipinski definition) is 2. The second-order valence-corrected chi connectivity index (χ2v) is 8.33. The number of anilines is 1. The van der Waals surface area contributed by atoms with Crippen molar-refractivity contribution < 1.29 is 4.79 Å². The summed E-state index contributed by atoms with van der Waals surface area (Å²) in [5.41, 5.74) is 1.20. The average Bonchev–Trinajstić information content (AvgIpc) is 3.37. The van der Waals surface area contributed by atoms with E-state index in [1.54, 1.807) is 11.3 Å². The highest BCUT2D eigenvalue weighted by atomic mass is 32.1. The third-order valence-corrected chi connectivity index (χ3v) is 5.76. The molecule has 7 nitrogen and oxygen atoms in total. The highest BCUT2D eigenvalue weighted by Crippen LogP contribution is 2.28. The van der Waals surface area contributed by atoms with Crippen molar-refractivity contribution in [2.24, 2.45) is 5.92 Å². The molecule has 0 spiro atoms. The van der Waals surface area contributed by atoms with Gasteiger partial charge in [0.25, 0.3) is 5.56 Å². The SMILES string of the molecule is CCCc1cc(=O)[nH]c(-n2nc(-c3cccs3)cc2NC(=O)C(CCC)CCC)n1. The molecular formula is C22H29N5O2S. The van der Waals surface area contributed by atoms with E-state index in [1.165, 1.54) is 10.7 Å². The largest absolute Gasteiger partial charge is 0.310 e. The van der Waals surface area contributed by atoms with E-state index in [0.717, 1.165) is 42.7 Å². The summed E-state index contributed by atoms with van der Waals surface area (Å²) in [6.45, 7) is 6.21. The maximum Gasteiger partial charge on any atom is 0.252 e. The van der Waals surface area contributed by atoms with Crippen LogP contribution in [0, 0.1) is 5.92 Å². The Bertz CT molecular complexity index is 1020. The number of carbonyl (C=O) groups excluding carboxylic acids is 1. The molecule has 8 heteroatoms. The van der Waals surface area contributed by atoms with Crippen molar-refractivity contribution in [2.75, 3.05) is 5.32 Å². The number of nitrogens with zero attached hydrogens (tertiary/aromatic N) is 3. The van der Waals surface area contributed by atoms with Gasteiger partial charge in [0.05, 0.1) is 4.88 Å². The van der Waals surface area contributed by atoms with Crippen molar-refractivity contribution in [2.45, 2.75) is 59.3 Å². The smallest absolute Gasteiger partial charge is 0.252 e. The predicted octanol–water partition coefficient (Wildman–Crippen LogP) is 4.79. The summed E-state index contributed by atoms with van der Waals surface area (Å²) in [5, 5.41) is 9.66. The number of carbonyl (C=O) groups is 1. The Morgan fingerprint density at radius 3 is 2.60 bits per heavy atom. The summed E-state index contributed by atoms with van der Waals surface area (Å²) in [6.07, 6.45) is 5.16. The monoisotopic (exact) mass is 427 g/mol. The number of aromatic amines is 1. The maximum absolute atomic E-state index is 13.0. The van der Waals surface area contributed by atoms with Crippen molar-refractivity contribution in [3.63, 3.8) is 0 Å². The van der Waals surface area contributed by atoms with Crippen LogP contribution in [0.25, 0.3) is 16.5 Å². The fourth-order valence-corrected chi connectivity index (χ4v) is 4.17. The molecule has 3 heterocycles. The van der Waals surface area contributed by atoms with Crippen molar-refractivity contribution in [1.29, 1.82) is 0 Å². The van der Waals surface area contributed by atoms with Gasteiger partial charge in [-0.1, -0.05) is 46.1 Å². The fraction of sp³-hybridized carbons (Fsp3) is 0.455. The second kappa shape index (κ2) is 10.3. The molecule has 0 bridgehead atoms. The van der Waals surface area contributed by atoms with E-state index < -0.39 is 0 Å². The van der Waals surface area contributed by atoms with E-state index in [4.69, 9.17) is 0 Å². The highest BCUT2D eigenvalue weighted by molar-refractivity contribution is 7.13. The normalized spacial score (nSPS) is 11.2. The van der Waals surface area contributed by atoms with Crippen LogP contribution < -0.4 is 10.9 Å². The zero-order valence-corrected chi connectivity index (χ0v) is 18.6. The molecule has 0 atom stereocenters. The molecule has 3 rings (SSSR count). The second-order valence-electron chi connectivity index (χ2n) is 7.38. The Morgan fingerprint density at radius 2 is 1.97 bits per heavy atom. The van der Waals surface area contributed by atoms with Crippen LogP contribution in [-0.4, -0.2) is 25.7 Å². The summed E-state index contributed by atoms with van der Waals surface area (Å²) in [4.78, 5) is 33.5.